The summed E-state index contributed by atoms with van der Waals surface area (Å²) in [6, 6.07) is 6.78. The maximum Gasteiger partial charge on any atom is 0.240 e. The van der Waals surface area contributed by atoms with E-state index >= 15 is 0 Å². The van der Waals surface area contributed by atoms with Crippen LogP contribution in [-0.2, 0) is 10.0 Å². The second-order valence-corrected chi connectivity index (χ2v) is 7.52. The fourth-order valence-electron chi connectivity index (χ4n) is 2.29. The van der Waals surface area contributed by atoms with Crippen molar-refractivity contribution in [2.75, 3.05) is 6.54 Å². The molecule has 22 heavy (non-hydrogen) atoms. The van der Waals surface area contributed by atoms with E-state index in [0.717, 1.165) is 22.5 Å². The number of benzene rings is 1. The van der Waals surface area contributed by atoms with Crippen LogP contribution in [0.2, 0.25) is 0 Å². The number of nitrogens with zero attached hydrogens (tertiary/aromatic N) is 2. The molecule has 5 nitrogen and oxygen atoms in total. The zero-order valence-electron chi connectivity index (χ0n) is 13.7. The maximum atomic E-state index is 12.3. The second kappa shape index (κ2) is 6.22. The molecule has 1 heterocycles. The summed E-state index contributed by atoms with van der Waals surface area (Å²) in [5.74, 6) is 0. The number of rotatable bonds is 5. The summed E-state index contributed by atoms with van der Waals surface area (Å²) >= 11 is 0. The molecule has 0 saturated heterocycles. The van der Waals surface area contributed by atoms with E-state index in [2.05, 4.69) is 9.82 Å². The van der Waals surface area contributed by atoms with Crippen molar-refractivity contribution in [3.05, 3.63) is 46.8 Å². The maximum absolute atomic E-state index is 12.3. The minimum absolute atomic E-state index is 0.0485. The van der Waals surface area contributed by atoms with Gasteiger partial charge in [0.05, 0.1) is 16.6 Å². The number of hydrogen-bond acceptors (Lipinski definition) is 3. The van der Waals surface area contributed by atoms with Gasteiger partial charge in [-0.3, -0.25) is 4.68 Å². The van der Waals surface area contributed by atoms with Gasteiger partial charge in [-0.15, -0.1) is 0 Å². The molecule has 0 aliphatic carbocycles. The normalized spacial score (nSPS) is 13.3. The third-order valence-electron chi connectivity index (χ3n) is 4.00. The van der Waals surface area contributed by atoms with Gasteiger partial charge < -0.3 is 0 Å². The molecule has 1 aromatic carbocycles. The largest absolute Gasteiger partial charge is 0.265 e. The Hall–Kier alpha value is -1.66. The summed E-state index contributed by atoms with van der Waals surface area (Å²) in [5.41, 5.74) is 4.23. The molecule has 2 aromatic rings. The number of sulfonamides is 1. The van der Waals surface area contributed by atoms with Crippen molar-refractivity contribution in [3.63, 3.8) is 0 Å². The molecule has 0 unspecified atom stereocenters. The number of aryl methyl sites for hydroxylation is 2. The highest BCUT2D eigenvalue weighted by Gasteiger charge is 2.18. The summed E-state index contributed by atoms with van der Waals surface area (Å²) < 4.78 is 29.1. The van der Waals surface area contributed by atoms with Crippen LogP contribution in [0.3, 0.4) is 0 Å². The van der Waals surface area contributed by atoms with E-state index in [-0.39, 0.29) is 10.9 Å². The third kappa shape index (κ3) is 3.39. The molecule has 0 radical (unpaired) electrons. The molecule has 2 rings (SSSR count). The monoisotopic (exact) mass is 321 g/mol. The number of hydrogen-bond donors (Lipinski definition) is 1. The average molecular weight is 321 g/mol. The first-order valence-electron chi connectivity index (χ1n) is 7.31. The summed E-state index contributed by atoms with van der Waals surface area (Å²) in [6.07, 6.45) is 0. The third-order valence-corrected chi connectivity index (χ3v) is 5.44. The molecular formula is C16H23N3O2S. The van der Waals surface area contributed by atoms with Crippen molar-refractivity contribution in [2.24, 2.45) is 0 Å². The van der Waals surface area contributed by atoms with Crippen molar-refractivity contribution < 1.29 is 8.42 Å². The van der Waals surface area contributed by atoms with Gasteiger partial charge >= 0.3 is 0 Å². The molecule has 0 amide bonds. The van der Waals surface area contributed by atoms with Gasteiger partial charge in [-0.05, 0) is 52.3 Å². The summed E-state index contributed by atoms with van der Waals surface area (Å²) in [5, 5.41) is 4.48. The second-order valence-electron chi connectivity index (χ2n) is 5.75. The predicted octanol–water partition coefficient (Wildman–Crippen LogP) is 2.66. The summed E-state index contributed by atoms with van der Waals surface area (Å²) in [4.78, 5) is 0.287. The van der Waals surface area contributed by atoms with Crippen LogP contribution in [0.25, 0.3) is 0 Å². The fraction of sp³-hybridized carbons (Fsp3) is 0.438. The first-order chi connectivity index (χ1) is 10.2. The number of nitrogens with one attached hydrogen (secondary N) is 1. The Bertz CT molecular complexity index is 761. The van der Waals surface area contributed by atoms with Crippen molar-refractivity contribution in [1.29, 1.82) is 0 Å². The molecule has 0 saturated carbocycles. The van der Waals surface area contributed by atoms with Gasteiger partial charge in [0, 0.05) is 12.2 Å². The predicted molar refractivity (Wildman–Crippen MR) is 87.5 cm³/mol. The van der Waals surface area contributed by atoms with Crippen molar-refractivity contribution in [1.82, 2.24) is 14.5 Å². The van der Waals surface area contributed by atoms with Crippen LogP contribution in [0.1, 0.15) is 35.5 Å². The Labute approximate surface area is 132 Å². The zero-order chi connectivity index (χ0) is 16.5. The highest BCUT2D eigenvalue weighted by molar-refractivity contribution is 7.89. The van der Waals surface area contributed by atoms with E-state index < -0.39 is 10.0 Å². The summed E-state index contributed by atoms with van der Waals surface area (Å²) in [6.45, 7) is 10.2. The van der Waals surface area contributed by atoms with Crippen LogP contribution < -0.4 is 4.72 Å². The van der Waals surface area contributed by atoms with E-state index in [4.69, 9.17) is 0 Å². The lowest BCUT2D eigenvalue weighted by Crippen LogP contribution is -2.30. The molecule has 1 aromatic heterocycles. The van der Waals surface area contributed by atoms with Crippen LogP contribution in [0.15, 0.2) is 29.2 Å². The minimum atomic E-state index is -3.49. The van der Waals surface area contributed by atoms with Crippen molar-refractivity contribution >= 4 is 10.0 Å². The van der Waals surface area contributed by atoms with Gasteiger partial charge in [0.1, 0.15) is 0 Å². The van der Waals surface area contributed by atoms with Crippen molar-refractivity contribution in [3.8, 4) is 0 Å². The molecule has 0 aliphatic heterocycles. The first-order valence-corrected chi connectivity index (χ1v) is 8.79. The lowest BCUT2D eigenvalue weighted by molar-refractivity contribution is 0.467. The van der Waals surface area contributed by atoms with Gasteiger partial charge in [-0.25, -0.2) is 13.1 Å². The highest BCUT2D eigenvalue weighted by Crippen LogP contribution is 2.16. The Morgan fingerprint density at radius 2 is 1.73 bits per heavy atom. The zero-order valence-corrected chi connectivity index (χ0v) is 14.5. The van der Waals surface area contributed by atoms with Gasteiger partial charge in [0.25, 0.3) is 0 Å². The quantitative estimate of drug-likeness (QED) is 0.921. The molecule has 0 bridgehead atoms. The van der Waals surface area contributed by atoms with E-state index in [9.17, 15) is 8.42 Å². The Morgan fingerprint density at radius 1 is 1.14 bits per heavy atom. The van der Waals surface area contributed by atoms with Crippen LogP contribution in [-0.4, -0.2) is 24.7 Å². The SMILES string of the molecule is Cc1ccc(S(=O)(=O)NC[C@@H](C)n2nc(C)c(C)c2C)cc1. The molecule has 0 spiro atoms. The lowest BCUT2D eigenvalue weighted by Gasteiger charge is -2.15. The van der Waals surface area contributed by atoms with E-state index in [1.165, 1.54) is 0 Å². The Morgan fingerprint density at radius 3 is 2.23 bits per heavy atom. The van der Waals surface area contributed by atoms with Gasteiger partial charge in [-0.2, -0.15) is 5.10 Å². The van der Waals surface area contributed by atoms with Crippen LogP contribution in [0.4, 0.5) is 0 Å². The van der Waals surface area contributed by atoms with Crippen LogP contribution in [0, 0.1) is 27.7 Å². The minimum Gasteiger partial charge on any atom is -0.265 e. The molecule has 120 valence electrons. The van der Waals surface area contributed by atoms with E-state index in [0.29, 0.717) is 6.54 Å². The molecule has 1 N–H and O–H groups in total. The molecule has 0 aliphatic rings. The smallest absolute Gasteiger partial charge is 0.240 e. The standard InChI is InChI=1S/C16H23N3O2S/c1-11-6-8-16(9-7-11)22(20,21)17-10-12(2)19-15(5)13(3)14(4)18-19/h6-9,12,17H,10H2,1-5H3/t12-/m1/s1. The molecule has 0 fully saturated rings. The van der Waals surface area contributed by atoms with Crippen molar-refractivity contribution in [2.45, 2.75) is 45.6 Å². The Balaban J connectivity index is 2.11. The molecule has 1 atom stereocenters. The highest BCUT2D eigenvalue weighted by atomic mass is 32.2. The van der Waals surface area contributed by atoms with Gasteiger partial charge in [0.15, 0.2) is 0 Å². The molecule has 6 heteroatoms. The van der Waals surface area contributed by atoms with Gasteiger partial charge in [-0.1, -0.05) is 17.7 Å². The fourth-order valence-corrected chi connectivity index (χ4v) is 3.41. The average Bonchev–Trinajstić information content (AvgIpc) is 2.73. The topological polar surface area (TPSA) is 64.0 Å². The van der Waals surface area contributed by atoms with Crippen LogP contribution in [0.5, 0.6) is 0 Å². The first kappa shape index (κ1) is 16.7. The van der Waals surface area contributed by atoms with E-state index in [1.807, 2.05) is 39.3 Å². The summed E-state index contributed by atoms with van der Waals surface area (Å²) in [7, 11) is -3.49. The number of aromatic nitrogens is 2. The lowest BCUT2D eigenvalue weighted by atomic mass is 10.2. The van der Waals surface area contributed by atoms with Crippen LogP contribution >= 0.6 is 0 Å². The Kier molecular flexibility index (Phi) is 4.72. The molecular weight excluding hydrogens is 298 g/mol. The van der Waals surface area contributed by atoms with E-state index in [1.54, 1.807) is 24.3 Å². The van der Waals surface area contributed by atoms with Gasteiger partial charge in [0.2, 0.25) is 10.0 Å².